The smallest absolute Gasteiger partial charge is 0.328 e. The molecule has 0 fully saturated rings. The lowest BCUT2D eigenvalue weighted by atomic mass is 10.1. The van der Waals surface area contributed by atoms with Gasteiger partial charge in [0.05, 0.1) is 5.84 Å². The van der Waals surface area contributed by atoms with Crippen molar-refractivity contribution in [2.45, 2.75) is 39.2 Å². The highest BCUT2D eigenvalue weighted by Gasteiger charge is 2.15. The SMILES string of the molecule is CC(C)=CCC(N)=N[C@@H](CCCN)C(=O)O. The Morgan fingerprint density at radius 2 is 2.12 bits per heavy atom. The third-order valence-corrected chi connectivity index (χ3v) is 2.01. The van der Waals surface area contributed by atoms with Crippen LogP contribution in [0.15, 0.2) is 16.6 Å². The normalized spacial score (nSPS) is 13.3. The second kappa shape index (κ2) is 7.87. The molecule has 0 bridgehead atoms. The molecule has 5 heteroatoms. The van der Waals surface area contributed by atoms with Gasteiger partial charge in [0.25, 0.3) is 0 Å². The van der Waals surface area contributed by atoms with Crippen LogP contribution in [0.2, 0.25) is 0 Å². The zero-order chi connectivity index (χ0) is 12.6. The highest BCUT2D eigenvalue weighted by molar-refractivity contribution is 5.85. The van der Waals surface area contributed by atoms with Gasteiger partial charge in [0.2, 0.25) is 0 Å². The van der Waals surface area contributed by atoms with Gasteiger partial charge < -0.3 is 16.6 Å². The monoisotopic (exact) mass is 227 g/mol. The maximum Gasteiger partial charge on any atom is 0.328 e. The van der Waals surface area contributed by atoms with Crippen LogP contribution in [0.4, 0.5) is 0 Å². The second-order valence-electron chi connectivity index (χ2n) is 3.89. The Hall–Kier alpha value is -1.36. The molecule has 1 atom stereocenters. The number of carboxylic acid groups (broad SMARTS) is 1. The number of aliphatic imine (C=N–C) groups is 1. The summed E-state index contributed by atoms with van der Waals surface area (Å²) in [6.07, 6.45) is 3.48. The molecule has 0 aliphatic heterocycles. The molecule has 0 rings (SSSR count). The van der Waals surface area contributed by atoms with Crippen LogP contribution in [0, 0.1) is 0 Å². The van der Waals surface area contributed by atoms with Crippen LogP contribution < -0.4 is 11.5 Å². The number of rotatable bonds is 7. The van der Waals surface area contributed by atoms with Crippen molar-refractivity contribution in [1.82, 2.24) is 0 Å². The first-order valence-electron chi connectivity index (χ1n) is 5.35. The molecular formula is C11H21N3O2. The molecule has 0 saturated heterocycles. The summed E-state index contributed by atoms with van der Waals surface area (Å²) in [5.74, 6) is -0.598. The molecule has 0 aromatic rings. The van der Waals surface area contributed by atoms with Gasteiger partial charge in [0, 0.05) is 6.42 Å². The van der Waals surface area contributed by atoms with Gasteiger partial charge in [0.15, 0.2) is 0 Å². The maximum absolute atomic E-state index is 10.9. The molecule has 0 aromatic carbocycles. The fourth-order valence-electron chi connectivity index (χ4n) is 1.12. The van der Waals surface area contributed by atoms with E-state index in [4.69, 9.17) is 16.6 Å². The number of hydrogen-bond donors (Lipinski definition) is 3. The molecule has 5 N–H and O–H groups in total. The van der Waals surface area contributed by atoms with Crippen molar-refractivity contribution in [3.63, 3.8) is 0 Å². The van der Waals surface area contributed by atoms with Gasteiger partial charge in [-0.15, -0.1) is 0 Å². The van der Waals surface area contributed by atoms with E-state index in [1.54, 1.807) is 0 Å². The Balaban J connectivity index is 4.39. The summed E-state index contributed by atoms with van der Waals surface area (Å²) < 4.78 is 0. The molecule has 0 spiro atoms. The minimum atomic E-state index is -0.950. The van der Waals surface area contributed by atoms with Crippen LogP contribution >= 0.6 is 0 Å². The van der Waals surface area contributed by atoms with Crippen LogP contribution in [-0.4, -0.2) is 29.5 Å². The molecule has 0 aliphatic carbocycles. The van der Waals surface area contributed by atoms with E-state index in [0.29, 0.717) is 31.6 Å². The fourth-order valence-corrected chi connectivity index (χ4v) is 1.12. The minimum absolute atomic E-state index is 0.352. The van der Waals surface area contributed by atoms with Gasteiger partial charge in [-0.2, -0.15) is 0 Å². The standard InChI is InChI=1S/C11H21N3O2/c1-8(2)5-6-10(13)14-9(11(15)16)4-3-7-12/h5,9H,3-4,6-7,12H2,1-2H3,(H2,13,14)(H,15,16)/t9-/m0/s1. The molecule has 0 heterocycles. The topological polar surface area (TPSA) is 102 Å². The van der Waals surface area contributed by atoms with E-state index < -0.39 is 12.0 Å². The van der Waals surface area contributed by atoms with Crippen molar-refractivity contribution in [2.24, 2.45) is 16.5 Å². The van der Waals surface area contributed by atoms with Crippen molar-refractivity contribution in [1.29, 1.82) is 0 Å². The summed E-state index contributed by atoms with van der Waals surface area (Å²) in [5, 5.41) is 8.91. The first-order valence-corrected chi connectivity index (χ1v) is 5.35. The van der Waals surface area contributed by atoms with E-state index in [1.165, 1.54) is 0 Å². The van der Waals surface area contributed by atoms with E-state index in [1.807, 2.05) is 19.9 Å². The van der Waals surface area contributed by atoms with Crippen LogP contribution in [0.1, 0.15) is 33.1 Å². The highest BCUT2D eigenvalue weighted by atomic mass is 16.4. The molecule has 0 saturated carbocycles. The number of nitrogens with zero attached hydrogens (tertiary/aromatic N) is 1. The number of carbonyl (C=O) groups is 1. The van der Waals surface area contributed by atoms with E-state index >= 15 is 0 Å². The van der Waals surface area contributed by atoms with Gasteiger partial charge in [0.1, 0.15) is 6.04 Å². The van der Waals surface area contributed by atoms with E-state index in [9.17, 15) is 4.79 Å². The Morgan fingerprint density at radius 1 is 1.50 bits per heavy atom. The molecule has 92 valence electrons. The summed E-state index contributed by atoms with van der Waals surface area (Å²) in [6, 6.07) is -0.769. The van der Waals surface area contributed by atoms with Gasteiger partial charge in [-0.3, -0.25) is 4.99 Å². The summed E-state index contributed by atoms with van der Waals surface area (Å²) in [5.41, 5.74) is 12.1. The predicted molar refractivity (Wildman–Crippen MR) is 65.4 cm³/mol. The van der Waals surface area contributed by atoms with Crippen molar-refractivity contribution in [3.05, 3.63) is 11.6 Å². The summed E-state index contributed by atoms with van der Waals surface area (Å²) in [6.45, 7) is 4.37. The van der Waals surface area contributed by atoms with Gasteiger partial charge >= 0.3 is 5.97 Å². The molecule has 5 nitrogen and oxygen atoms in total. The van der Waals surface area contributed by atoms with Crippen LogP contribution in [0.3, 0.4) is 0 Å². The highest BCUT2D eigenvalue weighted by Crippen LogP contribution is 2.03. The Labute approximate surface area is 96.2 Å². The first-order chi connectivity index (χ1) is 7.47. The number of hydrogen-bond acceptors (Lipinski definition) is 3. The minimum Gasteiger partial charge on any atom is -0.480 e. The molecular weight excluding hydrogens is 206 g/mol. The lowest BCUT2D eigenvalue weighted by Gasteiger charge is -2.07. The molecule has 16 heavy (non-hydrogen) atoms. The van der Waals surface area contributed by atoms with Crippen molar-refractivity contribution in [3.8, 4) is 0 Å². The number of aliphatic carboxylic acids is 1. The molecule has 0 amide bonds. The summed E-state index contributed by atoms with van der Waals surface area (Å²) in [7, 11) is 0. The van der Waals surface area contributed by atoms with Crippen LogP contribution in [0.5, 0.6) is 0 Å². The Bertz CT molecular complexity index is 281. The van der Waals surface area contributed by atoms with Gasteiger partial charge in [-0.05, 0) is 33.2 Å². The maximum atomic E-state index is 10.9. The lowest BCUT2D eigenvalue weighted by molar-refractivity contribution is -0.138. The summed E-state index contributed by atoms with van der Waals surface area (Å²) in [4.78, 5) is 14.8. The molecule has 0 radical (unpaired) electrons. The van der Waals surface area contributed by atoms with Crippen LogP contribution in [0.25, 0.3) is 0 Å². The average molecular weight is 227 g/mol. The van der Waals surface area contributed by atoms with Gasteiger partial charge in [-0.1, -0.05) is 11.6 Å². The molecule has 0 aromatic heterocycles. The predicted octanol–water partition coefficient (Wildman–Crippen LogP) is 0.892. The Morgan fingerprint density at radius 3 is 2.56 bits per heavy atom. The summed E-state index contributed by atoms with van der Waals surface area (Å²) >= 11 is 0. The zero-order valence-electron chi connectivity index (χ0n) is 9.94. The first kappa shape index (κ1) is 14.6. The third kappa shape index (κ3) is 7.00. The number of nitrogens with two attached hydrogens (primary N) is 2. The molecule has 0 unspecified atom stereocenters. The number of carboxylic acids is 1. The fraction of sp³-hybridized carbons (Fsp3) is 0.636. The molecule has 0 aliphatic rings. The third-order valence-electron chi connectivity index (χ3n) is 2.01. The Kier molecular flexibility index (Phi) is 7.20. The van der Waals surface area contributed by atoms with Crippen molar-refractivity contribution >= 4 is 11.8 Å². The average Bonchev–Trinajstić information content (AvgIpc) is 2.20. The second-order valence-corrected chi connectivity index (χ2v) is 3.89. The number of amidine groups is 1. The lowest BCUT2D eigenvalue weighted by Crippen LogP contribution is -2.24. The zero-order valence-corrected chi connectivity index (χ0v) is 9.94. The van der Waals surface area contributed by atoms with E-state index in [-0.39, 0.29) is 0 Å². The van der Waals surface area contributed by atoms with Crippen molar-refractivity contribution < 1.29 is 9.90 Å². The quantitative estimate of drug-likeness (QED) is 0.341. The number of allylic oxidation sites excluding steroid dienone is 1. The van der Waals surface area contributed by atoms with Crippen LogP contribution in [-0.2, 0) is 4.79 Å². The van der Waals surface area contributed by atoms with Gasteiger partial charge in [-0.25, -0.2) is 4.79 Å². The van der Waals surface area contributed by atoms with E-state index in [0.717, 1.165) is 5.57 Å². The largest absolute Gasteiger partial charge is 0.480 e. The van der Waals surface area contributed by atoms with E-state index in [2.05, 4.69) is 4.99 Å². The van der Waals surface area contributed by atoms with Crippen molar-refractivity contribution in [2.75, 3.05) is 6.54 Å².